The molecule has 0 aliphatic rings. The molecule has 0 spiro atoms. The first-order chi connectivity index (χ1) is 10.9. The summed E-state index contributed by atoms with van der Waals surface area (Å²) in [5.74, 6) is 0.282. The zero-order valence-corrected chi connectivity index (χ0v) is 13.4. The summed E-state index contributed by atoms with van der Waals surface area (Å²) in [6.45, 7) is 0. The third-order valence-electron chi connectivity index (χ3n) is 3.22. The van der Waals surface area contributed by atoms with Gasteiger partial charge in [-0.25, -0.2) is 8.42 Å². The van der Waals surface area contributed by atoms with E-state index in [1.54, 1.807) is 12.1 Å². The number of nitro benzene ring substituents is 1. The summed E-state index contributed by atoms with van der Waals surface area (Å²) in [5, 5.41) is 10.9. The van der Waals surface area contributed by atoms with Gasteiger partial charge < -0.3 is 9.47 Å². The monoisotopic (exact) mass is 337 g/mol. The molecule has 0 fully saturated rings. The molecule has 0 saturated carbocycles. The largest absolute Gasteiger partial charge is 0.497 e. The highest BCUT2D eigenvalue weighted by Gasteiger charge is 2.21. The Labute approximate surface area is 133 Å². The molecule has 0 N–H and O–H groups in total. The Kier molecular flexibility index (Phi) is 4.85. The van der Waals surface area contributed by atoms with Gasteiger partial charge in [0.05, 0.1) is 29.8 Å². The summed E-state index contributed by atoms with van der Waals surface area (Å²) >= 11 is 0. The highest BCUT2D eigenvalue weighted by molar-refractivity contribution is 7.90. The number of benzene rings is 2. The number of non-ortho nitro benzene ring substituents is 1. The molecule has 2 rings (SSSR count). The van der Waals surface area contributed by atoms with Crippen molar-refractivity contribution in [3.8, 4) is 11.5 Å². The molecule has 0 radical (unpaired) electrons. The van der Waals surface area contributed by atoms with Crippen LogP contribution in [-0.4, -0.2) is 27.6 Å². The van der Waals surface area contributed by atoms with E-state index in [9.17, 15) is 18.5 Å². The minimum Gasteiger partial charge on any atom is -0.497 e. The van der Waals surface area contributed by atoms with Crippen LogP contribution >= 0.6 is 0 Å². The van der Waals surface area contributed by atoms with Crippen LogP contribution in [0, 0.1) is 10.1 Å². The fourth-order valence-corrected chi connectivity index (χ4v) is 3.46. The van der Waals surface area contributed by atoms with Gasteiger partial charge in [0.2, 0.25) is 0 Å². The van der Waals surface area contributed by atoms with Gasteiger partial charge >= 0.3 is 0 Å². The Morgan fingerprint density at radius 1 is 1.09 bits per heavy atom. The van der Waals surface area contributed by atoms with E-state index < -0.39 is 20.5 Å². The van der Waals surface area contributed by atoms with Gasteiger partial charge in [-0.3, -0.25) is 10.1 Å². The molecule has 0 heterocycles. The van der Waals surface area contributed by atoms with Gasteiger partial charge in [-0.2, -0.15) is 0 Å². The lowest BCUT2D eigenvalue weighted by atomic mass is 10.2. The van der Waals surface area contributed by atoms with Crippen LogP contribution in [0.2, 0.25) is 0 Å². The number of rotatable bonds is 6. The molecular weight excluding hydrogens is 322 g/mol. The van der Waals surface area contributed by atoms with Crippen molar-refractivity contribution in [1.29, 1.82) is 0 Å². The maximum Gasteiger partial charge on any atom is 0.270 e. The van der Waals surface area contributed by atoms with Crippen molar-refractivity contribution in [1.82, 2.24) is 0 Å². The van der Waals surface area contributed by atoms with Gasteiger partial charge in [0.1, 0.15) is 11.5 Å². The molecular formula is C15H15NO6S. The highest BCUT2D eigenvalue weighted by Crippen LogP contribution is 2.28. The summed E-state index contributed by atoms with van der Waals surface area (Å²) < 4.78 is 35.2. The Bertz CT molecular complexity index is 832. The maximum absolute atomic E-state index is 12.5. The fourth-order valence-electron chi connectivity index (χ4n) is 2.07. The number of nitro groups is 1. The lowest BCUT2D eigenvalue weighted by Gasteiger charge is -2.10. The molecule has 0 unspecified atom stereocenters. The molecule has 0 aliphatic heterocycles. The third-order valence-corrected chi connectivity index (χ3v) is 4.88. The summed E-state index contributed by atoms with van der Waals surface area (Å²) in [6.07, 6.45) is 0. The molecule has 8 heteroatoms. The van der Waals surface area contributed by atoms with E-state index in [1.165, 1.54) is 44.6 Å². The summed E-state index contributed by atoms with van der Waals surface area (Å²) in [6, 6.07) is 9.90. The molecule has 2 aromatic carbocycles. The van der Waals surface area contributed by atoms with Gasteiger partial charge in [0.25, 0.3) is 5.69 Å². The van der Waals surface area contributed by atoms with Crippen LogP contribution in [0.15, 0.2) is 47.4 Å². The maximum atomic E-state index is 12.5. The van der Waals surface area contributed by atoms with Gasteiger partial charge in [0.15, 0.2) is 9.84 Å². The van der Waals surface area contributed by atoms with Gasteiger partial charge in [-0.15, -0.1) is 0 Å². The lowest BCUT2D eigenvalue weighted by Crippen LogP contribution is -2.07. The second kappa shape index (κ2) is 6.66. The molecule has 2 aromatic rings. The van der Waals surface area contributed by atoms with Crippen LogP contribution in [-0.2, 0) is 15.6 Å². The van der Waals surface area contributed by atoms with Crippen molar-refractivity contribution in [3.05, 3.63) is 58.1 Å². The first-order valence-corrected chi connectivity index (χ1v) is 8.20. The zero-order valence-electron chi connectivity index (χ0n) is 12.6. The van der Waals surface area contributed by atoms with E-state index in [-0.39, 0.29) is 21.9 Å². The number of ether oxygens (including phenoxy) is 2. The number of nitrogens with zero attached hydrogens (tertiary/aromatic N) is 1. The first kappa shape index (κ1) is 16.8. The number of sulfone groups is 1. The van der Waals surface area contributed by atoms with Crippen LogP contribution in [0.4, 0.5) is 5.69 Å². The van der Waals surface area contributed by atoms with Gasteiger partial charge in [-0.1, -0.05) is 6.07 Å². The normalized spacial score (nSPS) is 11.0. The number of hydrogen-bond acceptors (Lipinski definition) is 6. The molecule has 0 bridgehead atoms. The Hall–Kier alpha value is -2.61. The molecule has 0 amide bonds. The smallest absolute Gasteiger partial charge is 0.270 e. The van der Waals surface area contributed by atoms with Crippen LogP contribution < -0.4 is 9.47 Å². The second-order valence-corrected chi connectivity index (χ2v) is 6.68. The topological polar surface area (TPSA) is 95.7 Å². The van der Waals surface area contributed by atoms with Crippen molar-refractivity contribution in [2.45, 2.75) is 10.6 Å². The fraction of sp³-hybridized carbons (Fsp3) is 0.200. The van der Waals surface area contributed by atoms with E-state index in [2.05, 4.69) is 0 Å². The Balaban J connectivity index is 2.43. The SMILES string of the molecule is COc1cccc(S(=O)(=O)Cc2cc([N+](=O)[O-])ccc2OC)c1. The first-order valence-electron chi connectivity index (χ1n) is 6.55. The minimum atomic E-state index is -3.70. The quantitative estimate of drug-likeness (QED) is 0.594. The molecule has 23 heavy (non-hydrogen) atoms. The summed E-state index contributed by atoms with van der Waals surface area (Å²) in [7, 11) is -0.886. The van der Waals surface area contributed by atoms with Crippen LogP contribution in [0.1, 0.15) is 5.56 Å². The summed E-state index contributed by atoms with van der Waals surface area (Å²) in [4.78, 5) is 10.4. The van der Waals surface area contributed by atoms with Crippen LogP contribution in [0.3, 0.4) is 0 Å². The Morgan fingerprint density at radius 2 is 1.83 bits per heavy atom. The van der Waals surface area contributed by atoms with Gasteiger partial charge in [0, 0.05) is 17.7 Å². The van der Waals surface area contributed by atoms with Crippen molar-refractivity contribution in [2.75, 3.05) is 14.2 Å². The zero-order chi connectivity index (χ0) is 17.0. The predicted octanol–water partition coefficient (Wildman–Crippen LogP) is 2.59. The van der Waals surface area contributed by atoms with E-state index in [4.69, 9.17) is 9.47 Å². The third kappa shape index (κ3) is 3.78. The van der Waals surface area contributed by atoms with E-state index in [0.29, 0.717) is 5.75 Å². The van der Waals surface area contributed by atoms with Crippen molar-refractivity contribution >= 4 is 15.5 Å². The average Bonchev–Trinajstić information content (AvgIpc) is 2.54. The highest BCUT2D eigenvalue weighted by atomic mass is 32.2. The van der Waals surface area contributed by atoms with Gasteiger partial charge in [-0.05, 0) is 24.3 Å². The molecule has 0 atom stereocenters. The van der Waals surface area contributed by atoms with E-state index in [1.807, 2.05) is 0 Å². The van der Waals surface area contributed by atoms with Crippen LogP contribution in [0.25, 0.3) is 0 Å². The van der Waals surface area contributed by atoms with E-state index in [0.717, 1.165) is 0 Å². The van der Waals surface area contributed by atoms with Crippen molar-refractivity contribution in [3.63, 3.8) is 0 Å². The summed E-state index contributed by atoms with van der Waals surface area (Å²) in [5.41, 5.74) is 0.0335. The van der Waals surface area contributed by atoms with Crippen molar-refractivity contribution in [2.24, 2.45) is 0 Å². The second-order valence-electron chi connectivity index (χ2n) is 4.69. The standard InChI is InChI=1S/C15H15NO6S/c1-21-13-4-3-5-14(9-13)23(19,20)10-11-8-12(16(17)18)6-7-15(11)22-2/h3-9H,10H2,1-2H3. The molecule has 0 aromatic heterocycles. The van der Waals surface area contributed by atoms with Crippen LogP contribution in [0.5, 0.6) is 11.5 Å². The molecule has 0 saturated heterocycles. The molecule has 7 nitrogen and oxygen atoms in total. The minimum absolute atomic E-state index is 0.0745. The molecule has 0 aliphatic carbocycles. The lowest BCUT2D eigenvalue weighted by molar-refractivity contribution is -0.384. The van der Waals surface area contributed by atoms with Crippen molar-refractivity contribution < 1.29 is 22.8 Å². The number of methoxy groups -OCH3 is 2. The van der Waals surface area contributed by atoms with E-state index >= 15 is 0 Å². The Morgan fingerprint density at radius 3 is 2.43 bits per heavy atom. The molecule has 122 valence electrons. The average molecular weight is 337 g/mol. The predicted molar refractivity (Wildman–Crippen MR) is 83.5 cm³/mol. The number of hydrogen-bond donors (Lipinski definition) is 0.